The van der Waals surface area contributed by atoms with Crippen molar-refractivity contribution in [1.29, 1.82) is 0 Å². The third-order valence-corrected chi connectivity index (χ3v) is 6.24. The van der Waals surface area contributed by atoms with Gasteiger partial charge in [-0.2, -0.15) is 0 Å². The first-order valence-corrected chi connectivity index (χ1v) is 12.1. The molecule has 38 heavy (non-hydrogen) atoms. The highest BCUT2D eigenvalue weighted by atomic mass is 35.5. The molecule has 0 spiro atoms. The number of imide groups is 1. The molecule has 1 aliphatic rings. The van der Waals surface area contributed by atoms with Crippen LogP contribution in [-0.2, 0) is 9.59 Å². The monoisotopic (exact) mass is 523 g/mol. The fraction of sp³-hybridized carbons (Fsp3) is 0.0333. The second kappa shape index (κ2) is 10.6. The number of carbonyl (C=O) groups is 3. The van der Waals surface area contributed by atoms with E-state index in [9.17, 15) is 14.4 Å². The topological polar surface area (TPSA) is 87.7 Å². The molecule has 5 rings (SSSR count). The summed E-state index contributed by atoms with van der Waals surface area (Å²) in [5.41, 5.74) is 2.76. The van der Waals surface area contributed by atoms with Gasteiger partial charge in [-0.25, -0.2) is 4.90 Å². The first kappa shape index (κ1) is 24.8. The fourth-order valence-electron chi connectivity index (χ4n) is 3.93. The lowest BCUT2D eigenvalue weighted by Crippen LogP contribution is -2.32. The van der Waals surface area contributed by atoms with E-state index in [1.165, 1.54) is 0 Å². The molecule has 0 fully saturated rings. The number of aryl methyl sites for hydroxylation is 1. The highest BCUT2D eigenvalue weighted by Crippen LogP contribution is 2.32. The summed E-state index contributed by atoms with van der Waals surface area (Å²) < 4.78 is 5.77. The lowest BCUT2D eigenvalue weighted by atomic mass is 10.1. The van der Waals surface area contributed by atoms with Crippen LogP contribution in [0.2, 0.25) is 0 Å². The van der Waals surface area contributed by atoms with Crippen molar-refractivity contribution >= 4 is 46.4 Å². The van der Waals surface area contributed by atoms with E-state index in [1.54, 1.807) is 60.7 Å². The minimum atomic E-state index is -0.593. The Morgan fingerprint density at radius 3 is 2.03 bits per heavy atom. The van der Waals surface area contributed by atoms with E-state index in [1.807, 2.05) is 49.4 Å². The molecule has 8 heteroatoms. The number of halogens is 1. The van der Waals surface area contributed by atoms with Crippen LogP contribution < -0.4 is 20.3 Å². The van der Waals surface area contributed by atoms with Gasteiger partial charge in [-0.1, -0.05) is 48.0 Å². The van der Waals surface area contributed by atoms with Crippen LogP contribution in [0, 0.1) is 6.92 Å². The lowest BCUT2D eigenvalue weighted by molar-refractivity contribution is -0.120. The van der Waals surface area contributed by atoms with Crippen LogP contribution in [0.5, 0.6) is 11.5 Å². The number of benzene rings is 4. The number of hydrogen-bond donors (Lipinski definition) is 2. The molecule has 0 saturated carbocycles. The van der Waals surface area contributed by atoms with Crippen molar-refractivity contribution in [2.75, 3.05) is 15.5 Å². The predicted molar refractivity (Wildman–Crippen MR) is 148 cm³/mol. The second-order valence-corrected chi connectivity index (χ2v) is 8.90. The van der Waals surface area contributed by atoms with Crippen LogP contribution in [-0.4, -0.2) is 17.7 Å². The molecule has 0 saturated heterocycles. The molecular weight excluding hydrogens is 502 g/mol. The normalized spacial score (nSPS) is 13.1. The Labute approximate surface area is 224 Å². The van der Waals surface area contributed by atoms with Crippen LogP contribution in [0.4, 0.5) is 17.1 Å². The number of rotatable bonds is 7. The van der Waals surface area contributed by atoms with Gasteiger partial charge in [0, 0.05) is 16.9 Å². The van der Waals surface area contributed by atoms with Crippen molar-refractivity contribution in [2.24, 2.45) is 0 Å². The molecule has 0 radical (unpaired) electrons. The molecule has 0 bridgehead atoms. The number of nitrogens with zero attached hydrogens (tertiary/aromatic N) is 1. The summed E-state index contributed by atoms with van der Waals surface area (Å²) in [5.74, 6) is -0.0658. The molecule has 3 amide bonds. The number of para-hydroxylation sites is 2. The third-order valence-electron chi connectivity index (χ3n) is 5.89. The summed E-state index contributed by atoms with van der Waals surface area (Å²) in [6.07, 6.45) is 0. The molecule has 1 heterocycles. The number of ether oxygens (including phenoxy) is 1. The van der Waals surface area contributed by atoms with Crippen molar-refractivity contribution < 1.29 is 19.1 Å². The van der Waals surface area contributed by atoms with Gasteiger partial charge >= 0.3 is 0 Å². The van der Waals surface area contributed by atoms with Crippen molar-refractivity contribution in [2.45, 2.75) is 6.92 Å². The standard InChI is InChI=1S/C30H22ClN3O4/c1-19-7-5-6-10-25(19)34-29(36)26(31)27(30(34)37)32-21-13-11-20(12-14-21)28(35)33-22-15-17-24(18-16-22)38-23-8-3-2-4-9-23/h2-18,32H,1H3,(H,33,35). The van der Waals surface area contributed by atoms with Crippen LogP contribution in [0.3, 0.4) is 0 Å². The minimum Gasteiger partial charge on any atom is -0.457 e. The van der Waals surface area contributed by atoms with Crippen molar-refractivity contribution in [3.05, 3.63) is 125 Å². The largest absolute Gasteiger partial charge is 0.457 e. The van der Waals surface area contributed by atoms with E-state index in [0.717, 1.165) is 16.2 Å². The van der Waals surface area contributed by atoms with Gasteiger partial charge < -0.3 is 15.4 Å². The molecule has 0 aromatic heterocycles. The molecule has 1 aliphatic heterocycles. The number of carbonyl (C=O) groups excluding carboxylic acids is 3. The van der Waals surface area contributed by atoms with Crippen molar-refractivity contribution in [1.82, 2.24) is 0 Å². The summed E-state index contributed by atoms with van der Waals surface area (Å²) in [7, 11) is 0. The molecule has 0 unspecified atom stereocenters. The Morgan fingerprint density at radius 1 is 0.737 bits per heavy atom. The number of amides is 3. The lowest BCUT2D eigenvalue weighted by Gasteiger charge is -2.17. The smallest absolute Gasteiger partial charge is 0.283 e. The second-order valence-electron chi connectivity index (χ2n) is 8.52. The van der Waals surface area contributed by atoms with E-state index in [-0.39, 0.29) is 16.6 Å². The quantitative estimate of drug-likeness (QED) is 0.271. The van der Waals surface area contributed by atoms with E-state index in [2.05, 4.69) is 10.6 Å². The zero-order valence-corrected chi connectivity index (χ0v) is 21.0. The van der Waals surface area contributed by atoms with E-state index < -0.39 is 11.8 Å². The predicted octanol–water partition coefficient (Wildman–Crippen LogP) is 6.48. The highest BCUT2D eigenvalue weighted by molar-refractivity contribution is 6.53. The summed E-state index contributed by atoms with van der Waals surface area (Å²) >= 11 is 6.23. The molecule has 4 aromatic rings. The Bertz CT molecular complexity index is 1550. The molecule has 0 atom stereocenters. The van der Waals surface area contributed by atoms with Crippen LogP contribution >= 0.6 is 11.6 Å². The highest BCUT2D eigenvalue weighted by Gasteiger charge is 2.39. The maximum Gasteiger partial charge on any atom is 0.283 e. The van der Waals surface area contributed by atoms with Crippen molar-refractivity contribution in [3.8, 4) is 11.5 Å². The van der Waals surface area contributed by atoms with Crippen LogP contribution in [0.25, 0.3) is 0 Å². The van der Waals surface area contributed by atoms with Gasteiger partial charge in [0.1, 0.15) is 22.2 Å². The molecular formula is C30H22ClN3O4. The van der Waals surface area contributed by atoms with E-state index >= 15 is 0 Å². The van der Waals surface area contributed by atoms with Crippen LogP contribution in [0.1, 0.15) is 15.9 Å². The zero-order chi connectivity index (χ0) is 26.6. The SMILES string of the molecule is Cc1ccccc1N1C(=O)C(Cl)=C(Nc2ccc(C(=O)Nc3ccc(Oc4ccccc4)cc3)cc2)C1=O. The minimum absolute atomic E-state index is 0.0186. The first-order valence-electron chi connectivity index (χ1n) is 11.8. The van der Waals surface area contributed by atoms with Crippen LogP contribution in [0.15, 0.2) is 114 Å². The van der Waals surface area contributed by atoms with Gasteiger partial charge in [-0.3, -0.25) is 14.4 Å². The number of nitrogens with one attached hydrogen (secondary N) is 2. The van der Waals surface area contributed by atoms with E-state index in [4.69, 9.17) is 16.3 Å². The van der Waals surface area contributed by atoms with Gasteiger partial charge in [0.25, 0.3) is 17.7 Å². The maximum absolute atomic E-state index is 13.0. The Kier molecular flexibility index (Phi) is 6.93. The summed E-state index contributed by atoms with van der Waals surface area (Å²) in [4.78, 5) is 39.5. The number of hydrogen-bond acceptors (Lipinski definition) is 5. The van der Waals surface area contributed by atoms with Crippen molar-refractivity contribution in [3.63, 3.8) is 0 Å². The molecule has 2 N–H and O–H groups in total. The fourth-order valence-corrected chi connectivity index (χ4v) is 4.14. The summed E-state index contributed by atoms with van der Waals surface area (Å²) in [6.45, 7) is 1.81. The average molecular weight is 524 g/mol. The Hall–Kier alpha value is -4.88. The summed E-state index contributed by atoms with van der Waals surface area (Å²) in [5, 5.41) is 5.57. The Morgan fingerprint density at radius 2 is 1.34 bits per heavy atom. The molecule has 7 nitrogen and oxygen atoms in total. The summed E-state index contributed by atoms with van der Waals surface area (Å²) in [6, 6.07) is 30.0. The molecule has 4 aromatic carbocycles. The average Bonchev–Trinajstić information content (AvgIpc) is 3.14. The van der Waals surface area contributed by atoms with Gasteiger partial charge in [0.05, 0.1) is 5.69 Å². The van der Waals surface area contributed by atoms with Gasteiger partial charge in [-0.15, -0.1) is 0 Å². The first-order chi connectivity index (χ1) is 18.4. The third kappa shape index (κ3) is 5.14. The van der Waals surface area contributed by atoms with Gasteiger partial charge in [0.15, 0.2) is 0 Å². The zero-order valence-electron chi connectivity index (χ0n) is 20.3. The molecule has 188 valence electrons. The maximum atomic E-state index is 13.0. The van der Waals surface area contributed by atoms with Gasteiger partial charge in [0.2, 0.25) is 0 Å². The number of anilines is 3. The van der Waals surface area contributed by atoms with E-state index in [0.29, 0.717) is 28.4 Å². The van der Waals surface area contributed by atoms with Gasteiger partial charge in [-0.05, 0) is 79.2 Å². The molecule has 0 aliphatic carbocycles. The Balaban J connectivity index is 1.23.